The number of fused-ring (bicyclic) bond motifs is 2. The van der Waals surface area contributed by atoms with Crippen molar-refractivity contribution in [1.29, 1.82) is 0 Å². The highest BCUT2D eigenvalue weighted by Gasteiger charge is 2.42. The summed E-state index contributed by atoms with van der Waals surface area (Å²) in [6.07, 6.45) is 7.36. The van der Waals surface area contributed by atoms with E-state index in [1.807, 2.05) is 86.5 Å². The minimum atomic E-state index is -0.842. The fourth-order valence-electron chi connectivity index (χ4n) is 8.06. The number of nitrogens with one attached hydrogen (secondary N) is 1. The van der Waals surface area contributed by atoms with E-state index in [0.717, 1.165) is 71.2 Å². The number of anilines is 2. The Bertz CT molecular complexity index is 2280. The van der Waals surface area contributed by atoms with Gasteiger partial charge in [-0.15, -0.1) is 0 Å². The molecule has 6 heterocycles. The molecule has 4 amide bonds. The summed E-state index contributed by atoms with van der Waals surface area (Å²) in [5.74, 6) is -0.301. The molecule has 4 saturated heterocycles. The molecule has 14 nitrogen and oxygen atoms in total. The van der Waals surface area contributed by atoms with Crippen LogP contribution in [0.1, 0.15) is 17.0 Å². The van der Waals surface area contributed by atoms with E-state index < -0.39 is 11.6 Å². The Labute approximate surface area is 329 Å². The van der Waals surface area contributed by atoms with Gasteiger partial charge in [-0.05, 0) is 55.8 Å². The number of halogens is 2. The van der Waals surface area contributed by atoms with Crippen molar-refractivity contribution in [2.75, 3.05) is 76.4 Å². The molecular weight excluding hydrogens is 735 g/mol. The lowest BCUT2D eigenvalue weighted by molar-refractivity contribution is 0.116. The molecule has 0 saturated carbocycles. The molecule has 0 spiro atoms. The number of nitrogens with zero attached hydrogens (tertiary/aromatic N) is 9. The van der Waals surface area contributed by atoms with Crippen LogP contribution in [-0.2, 0) is 6.54 Å². The van der Waals surface area contributed by atoms with Crippen molar-refractivity contribution in [2.24, 2.45) is 0 Å². The molecule has 2 atom stereocenters. The number of carbonyl (C=O) groups excluding carboxylic acids is 2. The van der Waals surface area contributed by atoms with Crippen LogP contribution in [0.2, 0.25) is 0 Å². The van der Waals surface area contributed by atoms with E-state index in [9.17, 15) is 18.4 Å². The molecule has 2 unspecified atom stereocenters. The lowest BCUT2D eigenvalue weighted by Crippen LogP contribution is -2.51. The van der Waals surface area contributed by atoms with Crippen LogP contribution in [0.5, 0.6) is 11.5 Å². The van der Waals surface area contributed by atoms with Crippen LogP contribution in [0.25, 0.3) is 11.4 Å². The molecule has 57 heavy (non-hydrogen) atoms. The van der Waals surface area contributed by atoms with E-state index in [2.05, 4.69) is 20.2 Å². The van der Waals surface area contributed by atoms with E-state index in [0.29, 0.717) is 45.0 Å². The first-order chi connectivity index (χ1) is 27.6. The minimum Gasteiger partial charge on any atom is -0.494 e. The van der Waals surface area contributed by atoms with E-state index in [4.69, 9.17) is 9.47 Å². The molecule has 0 bridgehead atoms. The Kier molecular flexibility index (Phi) is 10.5. The van der Waals surface area contributed by atoms with Crippen LogP contribution in [0, 0.1) is 25.5 Å². The van der Waals surface area contributed by atoms with Crippen LogP contribution in [0.3, 0.4) is 0 Å². The average Bonchev–Trinajstić information content (AvgIpc) is 4.02. The smallest absolute Gasteiger partial charge is 0.324 e. The molecule has 16 heteroatoms. The normalized spacial score (nSPS) is 19.4. The minimum absolute atomic E-state index is 0.0264. The maximum Gasteiger partial charge on any atom is 0.324 e. The van der Waals surface area contributed by atoms with Gasteiger partial charge >= 0.3 is 12.1 Å². The zero-order valence-electron chi connectivity index (χ0n) is 32.4. The van der Waals surface area contributed by atoms with Gasteiger partial charge in [0.1, 0.15) is 11.5 Å². The van der Waals surface area contributed by atoms with Crippen molar-refractivity contribution < 1.29 is 27.8 Å². The molecule has 1 N–H and O–H groups in total. The molecule has 0 aliphatic carbocycles. The van der Waals surface area contributed by atoms with Crippen molar-refractivity contribution in [3.8, 4) is 22.9 Å². The quantitative estimate of drug-likeness (QED) is 0.234. The predicted octanol–water partition coefficient (Wildman–Crippen LogP) is 5.00. The summed E-state index contributed by atoms with van der Waals surface area (Å²) in [5.41, 5.74) is 5.97. The first-order valence-corrected chi connectivity index (χ1v) is 19.0. The van der Waals surface area contributed by atoms with Crippen molar-refractivity contribution in [1.82, 2.24) is 39.1 Å². The summed E-state index contributed by atoms with van der Waals surface area (Å²) in [7, 11) is 3.25. The highest BCUT2D eigenvalue weighted by atomic mass is 19.2. The Morgan fingerprint density at radius 2 is 1.28 bits per heavy atom. The topological polar surface area (TPSA) is 116 Å². The summed E-state index contributed by atoms with van der Waals surface area (Å²) >= 11 is 0. The number of carbonyl (C=O) groups is 2. The molecule has 2 aromatic heterocycles. The van der Waals surface area contributed by atoms with Crippen molar-refractivity contribution in [3.63, 3.8) is 0 Å². The number of hydrogen-bond donors (Lipinski definition) is 1. The van der Waals surface area contributed by atoms with Crippen molar-refractivity contribution >= 4 is 23.4 Å². The first kappa shape index (κ1) is 37.9. The van der Waals surface area contributed by atoms with Gasteiger partial charge in [0.15, 0.2) is 11.6 Å². The number of rotatable bonds is 8. The molecule has 4 aliphatic heterocycles. The molecule has 9 rings (SSSR count). The molecule has 3 aromatic carbocycles. The average molecular weight is 781 g/mol. The van der Waals surface area contributed by atoms with Gasteiger partial charge in [0.2, 0.25) is 0 Å². The lowest BCUT2D eigenvalue weighted by atomic mass is 10.1. The van der Waals surface area contributed by atoms with Gasteiger partial charge in [-0.25, -0.2) is 28.3 Å². The van der Waals surface area contributed by atoms with Gasteiger partial charge in [0.25, 0.3) is 0 Å². The first-order valence-electron chi connectivity index (χ1n) is 19.0. The predicted molar refractivity (Wildman–Crippen MR) is 211 cm³/mol. The van der Waals surface area contributed by atoms with Crippen LogP contribution < -0.4 is 24.6 Å². The van der Waals surface area contributed by atoms with Crippen LogP contribution in [0.4, 0.5) is 29.7 Å². The highest BCUT2D eigenvalue weighted by molar-refractivity contribution is 5.96. The zero-order valence-corrected chi connectivity index (χ0v) is 32.4. The fourth-order valence-corrected chi connectivity index (χ4v) is 8.06. The number of aryl methyl sites for hydroxylation is 2. The second-order valence-corrected chi connectivity index (χ2v) is 14.7. The maximum absolute atomic E-state index is 13.6. The lowest BCUT2D eigenvalue weighted by Gasteiger charge is -2.36. The van der Waals surface area contributed by atoms with Gasteiger partial charge in [0, 0.05) is 94.8 Å². The standard InChI is InChI=1S/C24H25F2N5O2.C17H21N5O2/c1-16-11-29(15-27-16)22-6-4-18(10-23(22)33-2)31-14-19-13-28(7-8-30(19)24(31)32)12-17-3-5-20(25)21(26)9-17;1-12-9-20(11-19-12)15-4-3-13(7-16(15)24-2)22-10-14-8-18-5-6-21(14)17(22)23/h3-6,9-11,15,19H,7-8,12-14H2,1-2H3;3-4,7,9,11,14,18H,5-6,8,10H2,1-2H3. The number of benzene rings is 3. The molecular formula is C41H46F2N10O4. The van der Waals surface area contributed by atoms with E-state index in [1.165, 1.54) is 6.07 Å². The Morgan fingerprint density at radius 3 is 1.81 bits per heavy atom. The zero-order chi connectivity index (χ0) is 39.8. The summed E-state index contributed by atoms with van der Waals surface area (Å²) in [4.78, 5) is 44.0. The fraction of sp³-hybridized carbons (Fsp3) is 0.366. The van der Waals surface area contributed by atoms with Gasteiger partial charge in [-0.3, -0.25) is 14.7 Å². The van der Waals surface area contributed by atoms with Crippen molar-refractivity contribution in [2.45, 2.75) is 32.5 Å². The number of aromatic nitrogens is 4. The van der Waals surface area contributed by atoms with Crippen molar-refractivity contribution in [3.05, 3.63) is 108 Å². The van der Waals surface area contributed by atoms with Crippen LogP contribution in [-0.4, -0.2) is 125 Å². The maximum atomic E-state index is 13.6. The number of ether oxygens (including phenoxy) is 2. The molecule has 298 valence electrons. The van der Waals surface area contributed by atoms with Crippen LogP contribution >= 0.6 is 0 Å². The summed E-state index contributed by atoms with van der Waals surface area (Å²) in [6, 6.07) is 15.9. The third-order valence-corrected chi connectivity index (χ3v) is 11.0. The SMILES string of the molecule is COc1cc(N2CC3CN(Cc4ccc(F)c(F)c4)CCN3C2=O)ccc1-n1cnc(C)c1.COc1cc(N2CC3CNCCN3C2=O)ccc1-n1cnc(C)c1. The number of hydrogen-bond acceptors (Lipinski definition) is 8. The Hall–Kier alpha value is -6.00. The number of urea groups is 2. The van der Waals surface area contributed by atoms with E-state index in [-0.39, 0.29) is 24.1 Å². The largest absolute Gasteiger partial charge is 0.494 e. The third kappa shape index (κ3) is 7.61. The monoisotopic (exact) mass is 780 g/mol. The van der Waals surface area contributed by atoms with Gasteiger partial charge in [0.05, 0.1) is 61.7 Å². The summed E-state index contributed by atoms with van der Waals surface area (Å²) < 4.78 is 41.8. The number of amides is 4. The Balaban J connectivity index is 0.000000168. The van der Waals surface area contributed by atoms with Gasteiger partial charge < -0.3 is 33.7 Å². The summed E-state index contributed by atoms with van der Waals surface area (Å²) in [6.45, 7) is 10.1. The van der Waals surface area contributed by atoms with Gasteiger partial charge in [-0.1, -0.05) is 6.07 Å². The molecule has 0 radical (unpaired) electrons. The number of imidazole rings is 2. The summed E-state index contributed by atoms with van der Waals surface area (Å²) in [5, 5.41) is 3.35. The van der Waals surface area contributed by atoms with Crippen LogP contribution in [0.15, 0.2) is 79.6 Å². The van der Waals surface area contributed by atoms with E-state index >= 15 is 0 Å². The highest BCUT2D eigenvalue weighted by Crippen LogP contribution is 2.34. The Morgan fingerprint density at radius 1 is 0.702 bits per heavy atom. The number of piperazine rings is 2. The third-order valence-electron chi connectivity index (χ3n) is 11.0. The molecule has 4 aliphatic rings. The second-order valence-electron chi connectivity index (χ2n) is 14.7. The second kappa shape index (κ2) is 15.9. The molecule has 4 fully saturated rings. The number of methoxy groups -OCH3 is 2. The van der Waals surface area contributed by atoms with Gasteiger partial charge in [-0.2, -0.15) is 0 Å². The van der Waals surface area contributed by atoms with E-state index in [1.54, 1.807) is 37.8 Å². The molecule has 5 aromatic rings.